The number of benzene rings is 2. The van der Waals surface area contributed by atoms with E-state index in [0.717, 1.165) is 0 Å². The zero-order valence-electron chi connectivity index (χ0n) is 14.1. The SMILES string of the molecule is CCNC(=S)Nc1ccc(S(=O)(=O)Nc2ccc(OCC)cc2)cc1. The third-order valence-electron chi connectivity index (χ3n) is 3.18. The summed E-state index contributed by atoms with van der Waals surface area (Å²) in [4.78, 5) is 0.168. The maximum atomic E-state index is 12.4. The molecule has 25 heavy (non-hydrogen) atoms. The second-order valence-electron chi connectivity index (χ2n) is 5.07. The lowest BCUT2D eigenvalue weighted by molar-refractivity contribution is 0.340. The number of hydrogen-bond acceptors (Lipinski definition) is 4. The van der Waals surface area contributed by atoms with E-state index in [4.69, 9.17) is 17.0 Å². The highest BCUT2D eigenvalue weighted by Gasteiger charge is 2.14. The fourth-order valence-corrected chi connectivity index (χ4v) is 3.37. The van der Waals surface area contributed by atoms with Gasteiger partial charge in [-0.05, 0) is 74.6 Å². The Hall–Kier alpha value is -2.32. The van der Waals surface area contributed by atoms with Crippen molar-refractivity contribution in [2.75, 3.05) is 23.2 Å². The standard InChI is InChI=1S/C17H21N3O3S2/c1-3-18-17(24)19-13-7-11-16(12-8-13)25(21,22)20-14-5-9-15(10-6-14)23-4-2/h5-12,20H,3-4H2,1-2H3,(H2,18,19,24). The van der Waals surface area contributed by atoms with Crippen LogP contribution in [0.2, 0.25) is 0 Å². The van der Waals surface area contributed by atoms with E-state index in [1.807, 2.05) is 13.8 Å². The summed E-state index contributed by atoms with van der Waals surface area (Å²) in [7, 11) is -3.66. The molecule has 6 nitrogen and oxygen atoms in total. The van der Waals surface area contributed by atoms with Gasteiger partial charge in [0.25, 0.3) is 10.0 Å². The van der Waals surface area contributed by atoms with Crippen molar-refractivity contribution in [2.24, 2.45) is 0 Å². The number of anilines is 2. The van der Waals surface area contributed by atoms with Crippen molar-refractivity contribution in [3.8, 4) is 5.75 Å². The van der Waals surface area contributed by atoms with Crippen LogP contribution in [0.3, 0.4) is 0 Å². The minimum absolute atomic E-state index is 0.168. The molecule has 0 aromatic heterocycles. The molecule has 0 radical (unpaired) electrons. The van der Waals surface area contributed by atoms with Gasteiger partial charge in [0.2, 0.25) is 0 Å². The molecule has 0 aliphatic rings. The highest BCUT2D eigenvalue weighted by Crippen LogP contribution is 2.20. The number of ether oxygens (including phenoxy) is 1. The minimum atomic E-state index is -3.66. The van der Waals surface area contributed by atoms with Crippen LogP contribution in [0, 0.1) is 0 Å². The molecule has 0 unspecified atom stereocenters. The van der Waals surface area contributed by atoms with Crippen LogP contribution >= 0.6 is 12.2 Å². The van der Waals surface area contributed by atoms with E-state index in [0.29, 0.717) is 35.4 Å². The van der Waals surface area contributed by atoms with Gasteiger partial charge in [-0.15, -0.1) is 0 Å². The second kappa shape index (κ2) is 8.68. The Morgan fingerprint density at radius 2 is 1.60 bits per heavy atom. The van der Waals surface area contributed by atoms with Gasteiger partial charge in [0.15, 0.2) is 5.11 Å². The first-order valence-corrected chi connectivity index (χ1v) is 9.74. The lowest BCUT2D eigenvalue weighted by Gasteiger charge is -2.11. The van der Waals surface area contributed by atoms with Crippen molar-refractivity contribution in [3.63, 3.8) is 0 Å². The molecule has 2 rings (SSSR count). The summed E-state index contributed by atoms with van der Waals surface area (Å²) < 4.78 is 32.8. The van der Waals surface area contributed by atoms with Crippen molar-refractivity contribution in [1.82, 2.24) is 5.32 Å². The van der Waals surface area contributed by atoms with Crippen LogP contribution in [-0.4, -0.2) is 26.7 Å². The summed E-state index contributed by atoms with van der Waals surface area (Å²) in [6.45, 7) is 5.10. The second-order valence-corrected chi connectivity index (χ2v) is 7.16. The monoisotopic (exact) mass is 379 g/mol. The van der Waals surface area contributed by atoms with Gasteiger partial charge in [-0.1, -0.05) is 0 Å². The van der Waals surface area contributed by atoms with Gasteiger partial charge in [0.1, 0.15) is 5.75 Å². The summed E-state index contributed by atoms with van der Waals surface area (Å²) in [5.74, 6) is 0.692. The Labute approximate surface area is 153 Å². The lowest BCUT2D eigenvalue weighted by atomic mass is 10.3. The van der Waals surface area contributed by atoms with Crippen LogP contribution in [0.15, 0.2) is 53.4 Å². The molecule has 0 saturated carbocycles. The highest BCUT2D eigenvalue weighted by molar-refractivity contribution is 7.92. The topological polar surface area (TPSA) is 79.5 Å². The molecule has 2 aromatic carbocycles. The maximum absolute atomic E-state index is 12.4. The Morgan fingerprint density at radius 3 is 2.16 bits per heavy atom. The van der Waals surface area contributed by atoms with Gasteiger partial charge in [-0.2, -0.15) is 0 Å². The first-order chi connectivity index (χ1) is 11.9. The quantitative estimate of drug-likeness (QED) is 0.641. The summed E-state index contributed by atoms with van der Waals surface area (Å²) in [5, 5.41) is 6.44. The van der Waals surface area contributed by atoms with Crippen molar-refractivity contribution in [1.29, 1.82) is 0 Å². The molecule has 0 heterocycles. The van der Waals surface area contributed by atoms with Gasteiger partial charge >= 0.3 is 0 Å². The number of sulfonamides is 1. The number of nitrogens with one attached hydrogen (secondary N) is 3. The van der Waals surface area contributed by atoms with Crippen LogP contribution in [0.4, 0.5) is 11.4 Å². The molecule has 8 heteroatoms. The van der Waals surface area contributed by atoms with Gasteiger partial charge in [-0.25, -0.2) is 8.42 Å². The van der Waals surface area contributed by atoms with Gasteiger partial charge in [0.05, 0.1) is 11.5 Å². The van der Waals surface area contributed by atoms with E-state index in [-0.39, 0.29) is 4.90 Å². The maximum Gasteiger partial charge on any atom is 0.261 e. The van der Waals surface area contributed by atoms with Crippen molar-refractivity contribution >= 4 is 38.7 Å². The average molecular weight is 380 g/mol. The van der Waals surface area contributed by atoms with Crippen LogP contribution in [0.5, 0.6) is 5.75 Å². The van der Waals surface area contributed by atoms with E-state index in [1.54, 1.807) is 36.4 Å². The largest absolute Gasteiger partial charge is 0.494 e. The molecule has 0 bridgehead atoms. The van der Waals surface area contributed by atoms with Crippen LogP contribution in [0.1, 0.15) is 13.8 Å². The van der Waals surface area contributed by atoms with Crippen molar-refractivity contribution < 1.29 is 13.2 Å². The Kier molecular flexibility index (Phi) is 6.60. The normalized spacial score (nSPS) is 10.8. The number of thiocarbonyl (C=S) groups is 1. The van der Waals surface area contributed by atoms with Crippen molar-refractivity contribution in [2.45, 2.75) is 18.7 Å². The van der Waals surface area contributed by atoms with Gasteiger partial charge < -0.3 is 15.4 Å². The fraction of sp³-hybridized carbons (Fsp3) is 0.235. The molecule has 0 spiro atoms. The minimum Gasteiger partial charge on any atom is -0.494 e. The molecule has 0 atom stereocenters. The lowest BCUT2D eigenvalue weighted by Crippen LogP contribution is -2.27. The highest BCUT2D eigenvalue weighted by atomic mass is 32.2. The van der Waals surface area contributed by atoms with Crippen LogP contribution in [-0.2, 0) is 10.0 Å². The first-order valence-electron chi connectivity index (χ1n) is 7.85. The van der Waals surface area contributed by atoms with Gasteiger partial charge in [0, 0.05) is 17.9 Å². The van der Waals surface area contributed by atoms with E-state index in [2.05, 4.69) is 15.4 Å². The molecule has 0 amide bonds. The number of hydrogen-bond donors (Lipinski definition) is 3. The third kappa shape index (κ3) is 5.61. The molecular weight excluding hydrogens is 358 g/mol. The first kappa shape index (κ1) is 19.0. The molecule has 0 aliphatic carbocycles. The van der Waals surface area contributed by atoms with E-state index >= 15 is 0 Å². The molecule has 0 saturated heterocycles. The third-order valence-corrected chi connectivity index (χ3v) is 4.82. The Bertz CT molecular complexity index is 804. The van der Waals surface area contributed by atoms with E-state index < -0.39 is 10.0 Å². The zero-order valence-corrected chi connectivity index (χ0v) is 15.7. The zero-order chi connectivity index (χ0) is 18.3. The summed E-state index contributed by atoms with van der Waals surface area (Å²) in [6.07, 6.45) is 0. The van der Waals surface area contributed by atoms with Crippen LogP contribution < -0.4 is 20.1 Å². The molecular formula is C17H21N3O3S2. The Morgan fingerprint density at radius 1 is 1.00 bits per heavy atom. The molecule has 0 aliphatic heterocycles. The molecule has 0 fully saturated rings. The van der Waals surface area contributed by atoms with E-state index in [1.165, 1.54) is 12.1 Å². The van der Waals surface area contributed by atoms with Crippen LogP contribution in [0.25, 0.3) is 0 Å². The fourth-order valence-electron chi connectivity index (χ4n) is 2.05. The predicted molar refractivity (Wildman–Crippen MR) is 105 cm³/mol. The molecule has 3 N–H and O–H groups in total. The molecule has 134 valence electrons. The summed E-state index contributed by atoms with van der Waals surface area (Å²) >= 11 is 5.09. The van der Waals surface area contributed by atoms with E-state index in [9.17, 15) is 8.42 Å². The average Bonchev–Trinajstić information content (AvgIpc) is 2.57. The Balaban J connectivity index is 2.07. The smallest absolute Gasteiger partial charge is 0.261 e. The summed E-state index contributed by atoms with van der Waals surface area (Å²) in [5.41, 5.74) is 1.19. The summed E-state index contributed by atoms with van der Waals surface area (Å²) in [6, 6.07) is 13.1. The molecule has 2 aromatic rings. The van der Waals surface area contributed by atoms with Gasteiger partial charge in [-0.3, -0.25) is 4.72 Å². The van der Waals surface area contributed by atoms with Crippen molar-refractivity contribution in [3.05, 3.63) is 48.5 Å². The predicted octanol–water partition coefficient (Wildman–Crippen LogP) is 3.19. The number of rotatable bonds is 7.